The molecule has 2 rings (SSSR count). The number of halogens is 2. The Morgan fingerprint density at radius 2 is 1.72 bits per heavy atom. The highest BCUT2D eigenvalue weighted by Gasteiger charge is 2.68. The first-order valence-corrected chi connectivity index (χ1v) is 5.94. The third-order valence-corrected chi connectivity index (χ3v) is 4.47. The molecule has 0 unspecified atom stereocenters. The second kappa shape index (κ2) is 3.77. The van der Waals surface area contributed by atoms with E-state index in [1.165, 1.54) is 0 Å². The van der Waals surface area contributed by atoms with Crippen molar-refractivity contribution in [3.05, 3.63) is 29.8 Å². The number of rotatable bonds is 2. The summed E-state index contributed by atoms with van der Waals surface area (Å²) in [5.41, 5.74) is -0.347. The summed E-state index contributed by atoms with van der Waals surface area (Å²) in [7, 11) is 0. The third-order valence-electron chi connectivity index (χ3n) is 4.47. The summed E-state index contributed by atoms with van der Waals surface area (Å²) in [5, 5.41) is 2.47. The van der Waals surface area contributed by atoms with Gasteiger partial charge in [0.1, 0.15) is 11.6 Å². The second-order valence-corrected chi connectivity index (χ2v) is 5.99. The molecule has 0 radical (unpaired) electrons. The maximum atomic E-state index is 13.4. The molecule has 0 heterocycles. The van der Waals surface area contributed by atoms with Crippen molar-refractivity contribution in [1.29, 1.82) is 0 Å². The highest BCUT2D eigenvalue weighted by molar-refractivity contribution is 5.96. The van der Waals surface area contributed by atoms with Crippen LogP contribution in [0, 0.1) is 28.4 Å². The average molecular weight is 253 g/mol. The van der Waals surface area contributed by atoms with Crippen molar-refractivity contribution in [3.8, 4) is 0 Å². The number of amides is 1. The minimum absolute atomic E-state index is 0.0986. The standard InChI is InChI=1S/C14H17F2NO/c1-13(2)11(14(13,3)4)12(18)17-10-7-8(15)5-6-9(10)16/h5-7,11H,1-4H3,(H,17,18). The van der Waals surface area contributed by atoms with Crippen LogP contribution in [0.1, 0.15) is 27.7 Å². The molecule has 0 bridgehead atoms. The van der Waals surface area contributed by atoms with Crippen LogP contribution in [0.5, 0.6) is 0 Å². The van der Waals surface area contributed by atoms with Gasteiger partial charge in [0.25, 0.3) is 0 Å². The summed E-state index contributed by atoms with van der Waals surface area (Å²) in [6.45, 7) is 8.00. The number of anilines is 1. The molecular weight excluding hydrogens is 236 g/mol. The molecule has 1 N–H and O–H groups in total. The minimum atomic E-state index is -0.624. The molecule has 1 amide bonds. The van der Waals surface area contributed by atoms with E-state index in [1.807, 2.05) is 27.7 Å². The molecule has 18 heavy (non-hydrogen) atoms. The molecule has 0 aliphatic heterocycles. The van der Waals surface area contributed by atoms with Gasteiger partial charge in [0.2, 0.25) is 5.91 Å². The zero-order valence-electron chi connectivity index (χ0n) is 11.0. The number of benzene rings is 1. The van der Waals surface area contributed by atoms with E-state index in [-0.39, 0.29) is 28.3 Å². The van der Waals surface area contributed by atoms with Crippen LogP contribution >= 0.6 is 0 Å². The Hall–Kier alpha value is -1.45. The Balaban J connectivity index is 2.17. The molecule has 1 saturated carbocycles. The molecule has 0 saturated heterocycles. The summed E-state index contributed by atoms with van der Waals surface area (Å²) in [5.74, 6) is -1.64. The van der Waals surface area contributed by atoms with Crippen LogP contribution in [-0.4, -0.2) is 5.91 Å². The summed E-state index contributed by atoms with van der Waals surface area (Å²) < 4.78 is 26.4. The van der Waals surface area contributed by atoms with Crippen LogP contribution in [0.15, 0.2) is 18.2 Å². The molecule has 1 aromatic rings. The number of carbonyl (C=O) groups is 1. The smallest absolute Gasteiger partial charge is 0.228 e. The largest absolute Gasteiger partial charge is 0.323 e. The van der Waals surface area contributed by atoms with Gasteiger partial charge in [0, 0.05) is 12.0 Å². The Labute approximate surface area is 105 Å². The molecule has 1 aromatic carbocycles. The SMILES string of the molecule is CC1(C)C(C(=O)Nc2cc(F)ccc2F)C1(C)C. The Morgan fingerprint density at radius 1 is 1.17 bits per heavy atom. The lowest BCUT2D eigenvalue weighted by Crippen LogP contribution is -2.18. The van der Waals surface area contributed by atoms with Gasteiger partial charge in [-0.1, -0.05) is 27.7 Å². The number of hydrogen-bond acceptors (Lipinski definition) is 1. The number of nitrogens with one attached hydrogen (secondary N) is 1. The van der Waals surface area contributed by atoms with Crippen molar-refractivity contribution in [2.75, 3.05) is 5.32 Å². The van der Waals surface area contributed by atoms with Crippen molar-refractivity contribution >= 4 is 11.6 Å². The zero-order valence-corrected chi connectivity index (χ0v) is 11.0. The molecule has 1 aliphatic rings. The zero-order chi connectivity index (χ0) is 13.7. The van der Waals surface area contributed by atoms with E-state index in [0.717, 1.165) is 18.2 Å². The number of carbonyl (C=O) groups excluding carboxylic acids is 1. The summed E-state index contributed by atoms with van der Waals surface area (Å²) in [6, 6.07) is 3.03. The molecule has 0 atom stereocenters. The van der Waals surface area contributed by atoms with Gasteiger partial charge < -0.3 is 5.32 Å². The molecule has 2 nitrogen and oxygen atoms in total. The molecule has 1 fully saturated rings. The van der Waals surface area contributed by atoms with Gasteiger partial charge in [-0.15, -0.1) is 0 Å². The van der Waals surface area contributed by atoms with E-state index in [0.29, 0.717) is 0 Å². The van der Waals surface area contributed by atoms with E-state index in [4.69, 9.17) is 0 Å². The Morgan fingerprint density at radius 3 is 2.22 bits per heavy atom. The van der Waals surface area contributed by atoms with Crippen LogP contribution < -0.4 is 5.32 Å². The fourth-order valence-electron chi connectivity index (χ4n) is 2.65. The lowest BCUT2D eigenvalue weighted by Gasteiger charge is -2.07. The van der Waals surface area contributed by atoms with E-state index < -0.39 is 11.6 Å². The molecule has 4 heteroatoms. The fourth-order valence-corrected chi connectivity index (χ4v) is 2.65. The predicted molar refractivity (Wildman–Crippen MR) is 66.0 cm³/mol. The van der Waals surface area contributed by atoms with Gasteiger partial charge in [0.05, 0.1) is 5.69 Å². The molecule has 1 aliphatic carbocycles. The average Bonchev–Trinajstić information content (AvgIpc) is 2.63. The van der Waals surface area contributed by atoms with Crippen molar-refractivity contribution in [2.45, 2.75) is 27.7 Å². The first kappa shape index (κ1) is 13.0. The number of hydrogen-bond donors (Lipinski definition) is 1. The van der Waals surface area contributed by atoms with Gasteiger partial charge in [0.15, 0.2) is 0 Å². The summed E-state index contributed by atoms with van der Waals surface area (Å²) in [6.07, 6.45) is 0. The van der Waals surface area contributed by atoms with E-state index in [1.54, 1.807) is 0 Å². The van der Waals surface area contributed by atoms with Crippen LogP contribution in [0.2, 0.25) is 0 Å². The molecule has 0 aromatic heterocycles. The maximum Gasteiger partial charge on any atom is 0.228 e. The topological polar surface area (TPSA) is 29.1 Å². The highest BCUT2D eigenvalue weighted by atomic mass is 19.1. The quantitative estimate of drug-likeness (QED) is 0.857. The summed E-state index contributed by atoms with van der Waals surface area (Å²) in [4.78, 5) is 12.1. The van der Waals surface area contributed by atoms with Crippen molar-refractivity contribution in [1.82, 2.24) is 0 Å². The van der Waals surface area contributed by atoms with Crippen LogP contribution in [0.4, 0.5) is 14.5 Å². The van der Waals surface area contributed by atoms with Crippen LogP contribution in [0.25, 0.3) is 0 Å². The summed E-state index contributed by atoms with van der Waals surface area (Å²) >= 11 is 0. The van der Waals surface area contributed by atoms with E-state index in [2.05, 4.69) is 5.32 Å². The van der Waals surface area contributed by atoms with Crippen molar-refractivity contribution in [3.63, 3.8) is 0 Å². The molecular formula is C14H17F2NO. The van der Waals surface area contributed by atoms with Crippen molar-refractivity contribution in [2.24, 2.45) is 16.7 Å². The maximum absolute atomic E-state index is 13.4. The van der Waals surface area contributed by atoms with Crippen LogP contribution in [-0.2, 0) is 4.79 Å². The monoisotopic (exact) mass is 253 g/mol. The first-order chi connectivity index (χ1) is 8.18. The van der Waals surface area contributed by atoms with E-state index >= 15 is 0 Å². The molecule has 98 valence electrons. The van der Waals surface area contributed by atoms with Gasteiger partial charge in [-0.25, -0.2) is 8.78 Å². The van der Waals surface area contributed by atoms with Gasteiger partial charge in [-0.2, -0.15) is 0 Å². The van der Waals surface area contributed by atoms with Crippen molar-refractivity contribution < 1.29 is 13.6 Å². The van der Waals surface area contributed by atoms with Gasteiger partial charge in [-0.05, 0) is 23.0 Å². The lowest BCUT2D eigenvalue weighted by atomic mass is 10.0. The third kappa shape index (κ3) is 1.80. The Kier molecular flexibility index (Phi) is 2.72. The predicted octanol–water partition coefficient (Wildman–Crippen LogP) is 3.59. The normalized spacial score (nSPS) is 20.6. The fraction of sp³-hybridized carbons (Fsp3) is 0.500. The second-order valence-electron chi connectivity index (χ2n) is 5.99. The Bertz CT molecular complexity index is 495. The minimum Gasteiger partial charge on any atom is -0.323 e. The lowest BCUT2D eigenvalue weighted by molar-refractivity contribution is -0.118. The first-order valence-electron chi connectivity index (χ1n) is 5.94. The van der Waals surface area contributed by atoms with Crippen LogP contribution in [0.3, 0.4) is 0 Å². The highest BCUT2D eigenvalue weighted by Crippen LogP contribution is 2.68. The van der Waals surface area contributed by atoms with Gasteiger partial charge >= 0.3 is 0 Å². The van der Waals surface area contributed by atoms with Gasteiger partial charge in [-0.3, -0.25) is 4.79 Å². The molecule has 0 spiro atoms. The van der Waals surface area contributed by atoms with E-state index in [9.17, 15) is 13.6 Å².